The highest BCUT2D eigenvalue weighted by Gasteiger charge is 2.26. The molecule has 0 saturated carbocycles. The van der Waals surface area contributed by atoms with Crippen molar-refractivity contribution < 1.29 is 10.2 Å². The highest BCUT2D eigenvalue weighted by Crippen LogP contribution is 2.29. The molecule has 1 aromatic carbocycles. The van der Waals surface area contributed by atoms with Gasteiger partial charge in [0.1, 0.15) is 5.75 Å². The predicted molar refractivity (Wildman–Crippen MR) is 111 cm³/mol. The first kappa shape index (κ1) is 19.5. The van der Waals surface area contributed by atoms with Crippen LogP contribution in [0.4, 0.5) is 0 Å². The first-order valence-electron chi connectivity index (χ1n) is 10.1. The monoisotopic (exact) mass is 394 g/mol. The van der Waals surface area contributed by atoms with E-state index in [1.54, 1.807) is 12.1 Å². The number of aryl methyl sites for hydroxylation is 2. The summed E-state index contributed by atoms with van der Waals surface area (Å²) in [4.78, 5) is 23.8. The van der Waals surface area contributed by atoms with Crippen LogP contribution in [0.3, 0.4) is 0 Å². The summed E-state index contributed by atoms with van der Waals surface area (Å²) >= 11 is 0. The lowest BCUT2D eigenvalue weighted by molar-refractivity contribution is 0.171. The number of aromatic hydroxyl groups is 1. The third-order valence-corrected chi connectivity index (χ3v) is 5.62. The molecule has 4 rings (SSSR count). The lowest BCUT2D eigenvalue weighted by atomic mass is 10.0. The molecule has 2 heterocycles. The summed E-state index contributed by atoms with van der Waals surface area (Å²) in [5.74, 6) is -0.0107. The molecule has 0 aliphatic heterocycles. The number of H-pyrrole nitrogens is 1. The number of pyridine rings is 1. The second-order valence-corrected chi connectivity index (χ2v) is 7.53. The molecule has 1 aliphatic rings. The Morgan fingerprint density at radius 3 is 2.38 bits per heavy atom. The van der Waals surface area contributed by atoms with E-state index in [1.807, 2.05) is 0 Å². The van der Waals surface area contributed by atoms with E-state index in [4.69, 9.17) is 9.97 Å². The van der Waals surface area contributed by atoms with Gasteiger partial charge in [-0.3, -0.25) is 14.8 Å². The maximum absolute atomic E-state index is 11.6. The molecule has 7 nitrogen and oxygen atoms in total. The summed E-state index contributed by atoms with van der Waals surface area (Å²) in [6, 6.07) is 6.39. The van der Waals surface area contributed by atoms with Crippen LogP contribution in [0.15, 0.2) is 29.1 Å². The van der Waals surface area contributed by atoms with Crippen LogP contribution < -0.4 is 10.9 Å². The third-order valence-electron chi connectivity index (χ3n) is 5.62. The van der Waals surface area contributed by atoms with Crippen LogP contribution in [0.5, 0.6) is 5.75 Å². The van der Waals surface area contributed by atoms with Crippen molar-refractivity contribution in [2.45, 2.75) is 51.7 Å². The Labute approximate surface area is 168 Å². The summed E-state index contributed by atoms with van der Waals surface area (Å²) in [6.07, 6.45) is 2.60. The minimum Gasteiger partial charge on any atom is -0.506 e. The van der Waals surface area contributed by atoms with E-state index in [1.165, 1.54) is 12.1 Å². The summed E-state index contributed by atoms with van der Waals surface area (Å²) in [6.45, 7) is 4.57. The molecule has 0 saturated heterocycles. The van der Waals surface area contributed by atoms with Crippen LogP contribution in [0, 0.1) is 0 Å². The van der Waals surface area contributed by atoms with Gasteiger partial charge in [-0.25, -0.2) is 0 Å². The van der Waals surface area contributed by atoms with E-state index in [2.05, 4.69) is 24.1 Å². The van der Waals surface area contributed by atoms with Gasteiger partial charge in [-0.15, -0.1) is 0 Å². The molecule has 0 radical (unpaired) electrons. The molecule has 2 aromatic heterocycles. The average Bonchev–Trinajstić information content (AvgIpc) is 3.13. The van der Waals surface area contributed by atoms with Gasteiger partial charge in [0.05, 0.1) is 34.4 Å². The Bertz CT molecular complexity index is 1080. The molecule has 7 heteroatoms. The molecule has 1 aliphatic carbocycles. The first-order chi connectivity index (χ1) is 14.0. The summed E-state index contributed by atoms with van der Waals surface area (Å²) in [5, 5.41) is 24.8. The number of aromatic amines is 1. The van der Waals surface area contributed by atoms with E-state index in [9.17, 15) is 15.0 Å². The molecule has 3 aromatic rings. The standard InChI is InChI=1S/C22H26N4O3/c1-3-15-16(4-2)25-18-10-12(9-17(18)24-15)23-11-20(28)13-5-7-19(27)22-14(13)6-8-21(29)26-22/h5-8,12,20,23,27-28H,3-4,9-11H2,1-2H3,(H,26,29)/t20-/m0/s1. The van der Waals surface area contributed by atoms with Crippen molar-refractivity contribution in [3.05, 3.63) is 63.0 Å². The van der Waals surface area contributed by atoms with Crippen molar-refractivity contribution in [1.29, 1.82) is 0 Å². The number of phenolic OH excluding ortho intramolecular Hbond substituents is 1. The minimum atomic E-state index is -0.772. The van der Waals surface area contributed by atoms with Crippen LogP contribution >= 0.6 is 0 Å². The van der Waals surface area contributed by atoms with Crippen LogP contribution in [-0.4, -0.2) is 37.8 Å². The fourth-order valence-corrected chi connectivity index (χ4v) is 4.10. The Morgan fingerprint density at radius 2 is 1.76 bits per heavy atom. The van der Waals surface area contributed by atoms with Crippen LogP contribution in [0.1, 0.15) is 48.3 Å². The maximum Gasteiger partial charge on any atom is 0.248 e. The molecule has 0 bridgehead atoms. The lowest BCUT2D eigenvalue weighted by Crippen LogP contribution is -2.33. The molecular weight excluding hydrogens is 368 g/mol. The number of nitrogens with zero attached hydrogens (tertiary/aromatic N) is 2. The topological polar surface area (TPSA) is 111 Å². The first-order valence-corrected chi connectivity index (χ1v) is 10.1. The molecule has 0 spiro atoms. The normalized spacial score (nSPS) is 15.0. The van der Waals surface area contributed by atoms with Crippen LogP contribution in [0.25, 0.3) is 10.9 Å². The molecule has 152 valence electrons. The summed E-state index contributed by atoms with van der Waals surface area (Å²) in [5.41, 5.74) is 4.98. The Balaban J connectivity index is 1.48. The van der Waals surface area contributed by atoms with Crippen molar-refractivity contribution in [2.75, 3.05) is 6.54 Å². The number of aliphatic hydroxyl groups is 1. The van der Waals surface area contributed by atoms with Gasteiger partial charge in [-0.05, 0) is 30.5 Å². The third kappa shape index (κ3) is 3.75. The minimum absolute atomic E-state index is 0.0107. The Hall–Kier alpha value is -2.77. The summed E-state index contributed by atoms with van der Waals surface area (Å²) in [7, 11) is 0. The average molecular weight is 394 g/mol. The van der Waals surface area contributed by atoms with Gasteiger partial charge in [0, 0.05) is 36.9 Å². The molecule has 29 heavy (non-hydrogen) atoms. The highest BCUT2D eigenvalue weighted by atomic mass is 16.3. The lowest BCUT2D eigenvalue weighted by Gasteiger charge is -2.18. The zero-order valence-electron chi connectivity index (χ0n) is 16.7. The van der Waals surface area contributed by atoms with Gasteiger partial charge in [0.2, 0.25) is 5.56 Å². The van der Waals surface area contributed by atoms with Gasteiger partial charge >= 0.3 is 0 Å². The number of fused-ring (bicyclic) bond motifs is 2. The second kappa shape index (κ2) is 7.93. The predicted octanol–water partition coefficient (Wildman–Crippen LogP) is 1.94. The zero-order chi connectivity index (χ0) is 20.5. The quantitative estimate of drug-likeness (QED) is 0.508. The van der Waals surface area contributed by atoms with E-state index in [0.29, 0.717) is 23.0 Å². The number of nitrogens with one attached hydrogen (secondary N) is 2. The Morgan fingerprint density at radius 1 is 1.10 bits per heavy atom. The number of phenols is 1. The molecule has 4 N–H and O–H groups in total. The van der Waals surface area contributed by atoms with Gasteiger partial charge in [-0.2, -0.15) is 0 Å². The molecule has 0 unspecified atom stereocenters. The van der Waals surface area contributed by atoms with Gasteiger partial charge in [-0.1, -0.05) is 19.9 Å². The van der Waals surface area contributed by atoms with Crippen molar-refractivity contribution in [3.8, 4) is 5.75 Å². The number of hydrogen-bond donors (Lipinski definition) is 4. The second-order valence-electron chi connectivity index (χ2n) is 7.53. The summed E-state index contributed by atoms with van der Waals surface area (Å²) < 4.78 is 0. The van der Waals surface area contributed by atoms with E-state index in [0.717, 1.165) is 48.5 Å². The molecule has 1 atom stereocenters. The van der Waals surface area contributed by atoms with Crippen molar-refractivity contribution in [2.24, 2.45) is 0 Å². The van der Waals surface area contributed by atoms with Gasteiger partial charge in [0.25, 0.3) is 0 Å². The van der Waals surface area contributed by atoms with E-state index >= 15 is 0 Å². The van der Waals surface area contributed by atoms with E-state index < -0.39 is 6.10 Å². The zero-order valence-corrected chi connectivity index (χ0v) is 16.7. The number of aromatic nitrogens is 3. The maximum atomic E-state index is 11.6. The number of hydrogen-bond acceptors (Lipinski definition) is 6. The largest absolute Gasteiger partial charge is 0.506 e. The number of aliphatic hydroxyl groups excluding tert-OH is 1. The SMILES string of the molecule is CCc1nc2c(nc1CC)CC(NC[C@H](O)c1ccc(O)c3[nH]c(=O)ccc13)C2. The fraction of sp³-hybridized carbons (Fsp3) is 0.409. The van der Waals surface area contributed by atoms with Crippen molar-refractivity contribution in [3.63, 3.8) is 0 Å². The van der Waals surface area contributed by atoms with Crippen LogP contribution in [0.2, 0.25) is 0 Å². The smallest absolute Gasteiger partial charge is 0.248 e. The number of rotatable bonds is 6. The fourth-order valence-electron chi connectivity index (χ4n) is 4.10. The molecular formula is C22H26N4O3. The van der Waals surface area contributed by atoms with Gasteiger partial charge in [0.15, 0.2) is 0 Å². The number of benzene rings is 1. The van der Waals surface area contributed by atoms with Gasteiger partial charge < -0.3 is 20.5 Å². The van der Waals surface area contributed by atoms with E-state index in [-0.39, 0.29) is 17.4 Å². The Kier molecular flexibility index (Phi) is 5.34. The van der Waals surface area contributed by atoms with Crippen LogP contribution in [-0.2, 0) is 25.7 Å². The molecule has 0 amide bonds. The highest BCUT2D eigenvalue weighted by molar-refractivity contribution is 5.87. The van der Waals surface area contributed by atoms with Crippen molar-refractivity contribution >= 4 is 10.9 Å². The molecule has 0 fully saturated rings. The van der Waals surface area contributed by atoms with Crippen molar-refractivity contribution in [1.82, 2.24) is 20.3 Å².